The smallest absolute Gasteiger partial charge is 0.0787 e. The number of aryl methyl sites for hydroxylation is 1. The molecule has 1 aromatic heterocycles. The van der Waals surface area contributed by atoms with E-state index in [1.54, 1.807) is 6.20 Å². The second-order valence-electron chi connectivity index (χ2n) is 6.20. The lowest BCUT2D eigenvalue weighted by atomic mass is 9.94. The lowest BCUT2D eigenvalue weighted by Crippen LogP contribution is -2.43. The van der Waals surface area contributed by atoms with E-state index >= 15 is 0 Å². The van der Waals surface area contributed by atoms with Crippen LogP contribution in [0.2, 0.25) is 0 Å². The van der Waals surface area contributed by atoms with Gasteiger partial charge in [0.15, 0.2) is 0 Å². The van der Waals surface area contributed by atoms with Crippen molar-refractivity contribution in [2.75, 3.05) is 6.54 Å². The van der Waals surface area contributed by atoms with Crippen molar-refractivity contribution < 1.29 is 4.74 Å². The zero-order valence-electron chi connectivity index (χ0n) is 11.8. The van der Waals surface area contributed by atoms with E-state index in [0.29, 0.717) is 6.04 Å². The van der Waals surface area contributed by atoms with Crippen molar-refractivity contribution in [2.24, 2.45) is 0 Å². The highest BCUT2D eigenvalue weighted by atomic mass is 16.5. The third-order valence-corrected chi connectivity index (χ3v) is 3.50. The van der Waals surface area contributed by atoms with E-state index in [1.165, 1.54) is 0 Å². The van der Waals surface area contributed by atoms with Crippen molar-refractivity contribution >= 4 is 0 Å². The Morgan fingerprint density at radius 2 is 2.17 bits per heavy atom. The Morgan fingerprint density at radius 3 is 2.72 bits per heavy atom. The van der Waals surface area contributed by atoms with Crippen LogP contribution in [0.5, 0.6) is 0 Å². The van der Waals surface area contributed by atoms with E-state index in [1.807, 2.05) is 10.9 Å². The fourth-order valence-electron chi connectivity index (χ4n) is 2.75. The average molecular weight is 252 g/mol. The summed E-state index contributed by atoms with van der Waals surface area (Å²) in [5, 5.41) is 11.3. The van der Waals surface area contributed by atoms with E-state index in [0.717, 1.165) is 25.9 Å². The molecule has 102 valence electrons. The number of ether oxygens (including phenoxy) is 1. The number of nitrogens with one attached hydrogen (secondary N) is 1. The molecular weight excluding hydrogens is 228 g/mol. The minimum absolute atomic E-state index is 0.0208. The van der Waals surface area contributed by atoms with Gasteiger partial charge in [-0.15, -0.1) is 5.10 Å². The predicted molar refractivity (Wildman–Crippen MR) is 70.3 cm³/mol. The number of hydrogen-bond acceptors (Lipinski definition) is 4. The number of aromatic nitrogens is 3. The molecule has 18 heavy (non-hydrogen) atoms. The fraction of sp³-hybridized carbons (Fsp3) is 0.846. The molecule has 1 fully saturated rings. The summed E-state index contributed by atoms with van der Waals surface area (Å²) in [7, 11) is 0. The van der Waals surface area contributed by atoms with Crippen molar-refractivity contribution in [3.05, 3.63) is 12.4 Å². The van der Waals surface area contributed by atoms with Gasteiger partial charge >= 0.3 is 0 Å². The average Bonchev–Trinajstić information content (AvgIpc) is 2.79. The molecule has 1 aromatic rings. The second kappa shape index (κ2) is 4.97. The van der Waals surface area contributed by atoms with Gasteiger partial charge in [0.2, 0.25) is 0 Å². The number of rotatable bonds is 5. The minimum atomic E-state index is -0.0866. The number of hydrogen-bond donors (Lipinski definition) is 1. The van der Waals surface area contributed by atoms with E-state index in [9.17, 15) is 0 Å². The summed E-state index contributed by atoms with van der Waals surface area (Å²) in [6, 6.07) is 0.420. The normalized spacial score (nSPS) is 25.4. The van der Waals surface area contributed by atoms with E-state index in [2.05, 4.69) is 43.3 Å². The molecule has 0 aliphatic carbocycles. The minimum Gasteiger partial charge on any atom is -0.368 e. The maximum Gasteiger partial charge on any atom is 0.0787 e. The maximum atomic E-state index is 6.06. The van der Waals surface area contributed by atoms with Crippen molar-refractivity contribution in [3.8, 4) is 0 Å². The Bertz CT molecular complexity index is 372. The molecule has 0 radical (unpaired) electrons. The van der Waals surface area contributed by atoms with Crippen LogP contribution in [-0.2, 0) is 11.3 Å². The van der Waals surface area contributed by atoms with Crippen LogP contribution in [0.3, 0.4) is 0 Å². The van der Waals surface area contributed by atoms with E-state index in [-0.39, 0.29) is 11.2 Å². The van der Waals surface area contributed by atoms with Gasteiger partial charge in [-0.05, 0) is 47.1 Å². The van der Waals surface area contributed by atoms with Gasteiger partial charge in [-0.1, -0.05) is 5.21 Å². The van der Waals surface area contributed by atoms with E-state index in [4.69, 9.17) is 4.74 Å². The molecule has 1 saturated heterocycles. The van der Waals surface area contributed by atoms with Gasteiger partial charge < -0.3 is 10.1 Å². The summed E-state index contributed by atoms with van der Waals surface area (Å²) in [6.07, 6.45) is 5.72. The molecule has 0 saturated carbocycles. The van der Waals surface area contributed by atoms with Crippen LogP contribution in [0.4, 0.5) is 0 Å². The molecule has 1 atom stereocenters. The van der Waals surface area contributed by atoms with Gasteiger partial charge in [0, 0.05) is 18.8 Å². The Hall–Kier alpha value is -0.940. The first kappa shape index (κ1) is 13.5. The van der Waals surface area contributed by atoms with Crippen LogP contribution in [-0.4, -0.2) is 38.8 Å². The summed E-state index contributed by atoms with van der Waals surface area (Å²) >= 11 is 0. The molecule has 1 aliphatic rings. The third-order valence-electron chi connectivity index (χ3n) is 3.50. The van der Waals surface area contributed by atoms with Crippen molar-refractivity contribution in [1.82, 2.24) is 20.3 Å². The van der Waals surface area contributed by atoms with Crippen LogP contribution < -0.4 is 5.32 Å². The van der Waals surface area contributed by atoms with Gasteiger partial charge in [0.1, 0.15) is 0 Å². The molecule has 5 heteroatoms. The lowest BCUT2D eigenvalue weighted by molar-refractivity contribution is -0.0698. The summed E-state index contributed by atoms with van der Waals surface area (Å²) in [4.78, 5) is 0. The van der Waals surface area contributed by atoms with E-state index < -0.39 is 0 Å². The Labute approximate surface area is 109 Å². The Kier molecular flexibility index (Phi) is 3.73. The first-order valence-corrected chi connectivity index (χ1v) is 6.67. The van der Waals surface area contributed by atoms with Gasteiger partial charge in [-0.3, -0.25) is 4.68 Å². The van der Waals surface area contributed by atoms with Gasteiger partial charge in [0.05, 0.1) is 17.4 Å². The zero-order chi connectivity index (χ0) is 13.2. The lowest BCUT2D eigenvalue weighted by Gasteiger charge is -2.27. The van der Waals surface area contributed by atoms with Crippen LogP contribution in [0.25, 0.3) is 0 Å². The number of nitrogens with zero attached hydrogens (tertiary/aromatic N) is 3. The molecule has 0 aromatic carbocycles. The zero-order valence-corrected chi connectivity index (χ0v) is 11.8. The van der Waals surface area contributed by atoms with Crippen LogP contribution in [0.1, 0.15) is 40.5 Å². The van der Waals surface area contributed by atoms with Crippen molar-refractivity contribution in [1.29, 1.82) is 0 Å². The standard InChI is InChI=1S/C13H24N4O/c1-12(2)10-11(13(3,4)18-12)14-6-5-8-17-9-7-15-16-17/h7,9,11,14H,5-6,8,10H2,1-4H3. The molecule has 1 N–H and O–H groups in total. The summed E-state index contributed by atoms with van der Waals surface area (Å²) < 4.78 is 7.92. The molecule has 0 spiro atoms. The summed E-state index contributed by atoms with van der Waals surface area (Å²) in [5.41, 5.74) is -0.107. The van der Waals surface area contributed by atoms with Gasteiger partial charge in [-0.2, -0.15) is 0 Å². The largest absolute Gasteiger partial charge is 0.368 e. The topological polar surface area (TPSA) is 52.0 Å². The van der Waals surface area contributed by atoms with Crippen LogP contribution in [0.15, 0.2) is 12.4 Å². The first-order valence-electron chi connectivity index (χ1n) is 6.67. The molecule has 5 nitrogen and oxygen atoms in total. The molecule has 1 unspecified atom stereocenters. The Morgan fingerprint density at radius 1 is 1.39 bits per heavy atom. The monoisotopic (exact) mass is 252 g/mol. The SMILES string of the molecule is CC1(C)CC(NCCCn2ccnn2)C(C)(C)O1. The highest BCUT2D eigenvalue weighted by molar-refractivity contribution is 4.98. The fourth-order valence-corrected chi connectivity index (χ4v) is 2.75. The molecule has 2 rings (SSSR count). The molecule has 1 aliphatic heterocycles. The molecule has 2 heterocycles. The van der Waals surface area contributed by atoms with Crippen molar-refractivity contribution in [3.63, 3.8) is 0 Å². The summed E-state index contributed by atoms with van der Waals surface area (Å²) in [6.45, 7) is 10.5. The van der Waals surface area contributed by atoms with Gasteiger partial charge in [-0.25, -0.2) is 0 Å². The third kappa shape index (κ3) is 3.29. The highest BCUT2D eigenvalue weighted by Crippen LogP contribution is 2.37. The highest BCUT2D eigenvalue weighted by Gasteiger charge is 2.45. The molecular formula is C13H24N4O. The Balaban J connectivity index is 1.73. The maximum absolute atomic E-state index is 6.06. The first-order chi connectivity index (χ1) is 8.39. The molecule has 0 amide bonds. The van der Waals surface area contributed by atoms with Crippen LogP contribution in [0, 0.1) is 0 Å². The predicted octanol–water partition coefficient (Wildman–Crippen LogP) is 1.60. The quantitative estimate of drug-likeness (QED) is 0.809. The molecule has 0 bridgehead atoms. The van der Waals surface area contributed by atoms with Gasteiger partial charge in [0.25, 0.3) is 0 Å². The van der Waals surface area contributed by atoms with Crippen LogP contribution >= 0.6 is 0 Å². The van der Waals surface area contributed by atoms with Crippen molar-refractivity contribution in [2.45, 2.75) is 64.3 Å². The summed E-state index contributed by atoms with van der Waals surface area (Å²) in [5.74, 6) is 0. The second-order valence-corrected chi connectivity index (χ2v) is 6.20.